The number of aromatic nitrogens is 3. The highest BCUT2D eigenvalue weighted by molar-refractivity contribution is 5.37. The third kappa shape index (κ3) is 2.29. The zero-order valence-electron chi connectivity index (χ0n) is 10.7. The molecule has 4 nitrogen and oxygen atoms in total. The largest absolute Gasteiger partial charge is 0.326 e. The summed E-state index contributed by atoms with van der Waals surface area (Å²) < 4.78 is 2.03. The van der Waals surface area contributed by atoms with Gasteiger partial charge in [-0.05, 0) is 29.3 Å². The predicted molar refractivity (Wildman–Crippen MR) is 74.9 cm³/mol. The third-order valence-electron chi connectivity index (χ3n) is 3.18. The lowest BCUT2D eigenvalue weighted by atomic mass is 9.99. The summed E-state index contributed by atoms with van der Waals surface area (Å²) in [6.45, 7) is 0. The normalized spacial score (nSPS) is 11.8. The van der Waals surface area contributed by atoms with Crippen molar-refractivity contribution in [2.45, 2.75) is 6.04 Å². The Labute approximate surface area is 117 Å². The SMILES string of the molecule is N#Cc1ccc(C(c2cccnc2)n2ccnc2)cc1. The Kier molecular flexibility index (Phi) is 3.25. The summed E-state index contributed by atoms with van der Waals surface area (Å²) in [5.74, 6) is 0. The zero-order chi connectivity index (χ0) is 13.8. The summed E-state index contributed by atoms with van der Waals surface area (Å²) >= 11 is 0. The summed E-state index contributed by atoms with van der Waals surface area (Å²) in [5, 5.41) is 8.89. The van der Waals surface area contributed by atoms with Gasteiger partial charge in [0.2, 0.25) is 0 Å². The maximum absolute atomic E-state index is 8.89. The van der Waals surface area contributed by atoms with E-state index in [0.29, 0.717) is 5.56 Å². The fourth-order valence-electron chi connectivity index (χ4n) is 2.24. The zero-order valence-corrected chi connectivity index (χ0v) is 10.7. The topological polar surface area (TPSA) is 54.5 Å². The first-order chi connectivity index (χ1) is 9.88. The highest BCUT2D eigenvalue weighted by atomic mass is 15.1. The van der Waals surface area contributed by atoms with Crippen molar-refractivity contribution in [3.63, 3.8) is 0 Å². The van der Waals surface area contributed by atoms with Gasteiger partial charge < -0.3 is 4.57 Å². The molecule has 3 aromatic rings. The van der Waals surface area contributed by atoms with Gasteiger partial charge in [0.1, 0.15) is 0 Å². The van der Waals surface area contributed by atoms with Crippen LogP contribution in [-0.2, 0) is 0 Å². The average molecular weight is 260 g/mol. The quantitative estimate of drug-likeness (QED) is 0.727. The Morgan fingerprint density at radius 3 is 2.45 bits per heavy atom. The van der Waals surface area contributed by atoms with E-state index in [1.165, 1.54) is 0 Å². The van der Waals surface area contributed by atoms with E-state index in [2.05, 4.69) is 16.0 Å². The summed E-state index contributed by atoms with van der Waals surface area (Å²) in [7, 11) is 0. The molecule has 0 spiro atoms. The number of nitrogens with zero attached hydrogens (tertiary/aromatic N) is 4. The number of pyridine rings is 1. The van der Waals surface area contributed by atoms with Crippen molar-refractivity contribution in [2.75, 3.05) is 0 Å². The maximum atomic E-state index is 8.89. The highest BCUT2D eigenvalue weighted by Gasteiger charge is 2.15. The first-order valence-electron chi connectivity index (χ1n) is 6.26. The number of benzene rings is 1. The van der Waals surface area contributed by atoms with Crippen LogP contribution < -0.4 is 0 Å². The molecule has 1 atom stereocenters. The van der Waals surface area contributed by atoms with Crippen LogP contribution >= 0.6 is 0 Å². The molecule has 0 aliphatic rings. The molecule has 20 heavy (non-hydrogen) atoms. The first-order valence-corrected chi connectivity index (χ1v) is 6.26. The van der Waals surface area contributed by atoms with E-state index < -0.39 is 0 Å². The summed E-state index contributed by atoms with van der Waals surface area (Å²) in [5.41, 5.74) is 2.83. The van der Waals surface area contributed by atoms with Crippen molar-refractivity contribution in [3.05, 3.63) is 84.2 Å². The van der Waals surface area contributed by atoms with Crippen molar-refractivity contribution in [3.8, 4) is 6.07 Å². The fraction of sp³-hybridized carbons (Fsp3) is 0.0625. The molecule has 0 bridgehead atoms. The van der Waals surface area contributed by atoms with Crippen molar-refractivity contribution >= 4 is 0 Å². The molecule has 3 rings (SSSR count). The summed E-state index contributed by atoms with van der Waals surface area (Å²) in [6.07, 6.45) is 9.08. The van der Waals surface area contributed by atoms with E-state index in [4.69, 9.17) is 5.26 Å². The number of hydrogen-bond donors (Lipinski definition) is 0. The van der Waals surface area contributed by atoms with Gasteiger partial charge in [0.05, 0.1) is 24.0 Å². The van der Waals surface area contributed by atoms with Crippen LogP contribution in [0.15, 0.2) is 67.5 Å². The second kappa shape index (κ2) is 5.37. The second-order valence-electron chi connectivity index (χ2n) is 4.43. The Bertz CT molecular complexity index is 709. The maximum Gasteiger partial charge on any atom is 0.0991 e. The summed E-state index contributed by atoms with van der Waals surface area (Å²) in [4.78, 5) is 8.31. The van der Waals surface area contributed by atoms with E-state index in [0.717, 1.165) is 11.1 Å². The van der Waals surface area contributed by atoms with Crippen LogP contribution in [0.2, 0.25) is 0 Å². The molecule has 0 aliphatic heterocycles. The van der Waals surface area contributed by atoms with Crippen LogP contribution in [0.25, 0.3) is 0 Å². The monoisotopic (exact) mass is 260 g/mol. The number of imidazole rings is 1. The fourth-order valence-corrected chi connectivity index (χ4v) is 2.24. The lowest BCUT2D eigenvalue weighted by Gasteiger charge is -2.19. The van der Waals surface area contributed by atoms with E-state index in [1.54, 1.807) is 18.7 Å². The van der Waals surface area contributed by atoms with Crippen molar-refractivity contribution < 1.29 is 0 Å². The molecular weight excluding hydrogens is 248 g/mol. The standard InChI is InChI=1S/C16H12N4/c17-10-13-3-5-14(6-4-13)16(20-9-8-19-12-20)15-2-1-7-18-11-15/h1-9,11-12,16H. The molecular formula is C16H12N4. The minimum absolute atomic E-state index is 0.0129. The van der Waals surface area contributed by atoms with E-state index in [1.807, 2.05) is 53.4 Å². The molecule has 0 N–H and O–H groups in total. The van der Waals surface area contributed by atoms with Gasteiger partial charge in [0.15, 0.2) is 0 Å². The second-order valence-corrected chi connectivity index (χ2v) is 4.43. The van der Waals surface area contributed by atoms with Crippen molar-refractivity contribution in [1.82, 2.24) is 14.5 Å². The minimum atomic E-state index is 0.0129. The van der Waals surface area contributed by atoms with Gasteiger partial charge in [-0.3, -0.25) is 4.98 Å². The van der Waals surface area contributed by atoms with Gasteiger partial charge in [-0.15, -0.1) is 0 Å². The minimum Gasteiger partial charge on any atom is -0.326 e. The van der Waals surface area contributed by atoms with Crippen LogP contribution in [0.1, 0.15) is 22.7 Å². The third-order valence-corrected chi connectivity index (χ3v) is 3.18. The molecule has 0 saturated carbocycles. The molecule has 0 aliphatic carbocycles. The lowest BCUT2D eigenvalue weighted by Crippen LogP contribution is -2.10. The molecule has 4 heteroatoms. The summed E-state index contributed by atoms with van der Waals surface area (Å²) in [6, 6.07) is 13.7. The number of hydrogen-bond acceptors (Lipinski definition) is 3. The Balaban J connectivity index is 2.08. The van der Waals surface area contributed by atoms with Gasteiger partial charge in [-0.1, -0.05) is 18.2 Å². The van der Waals surface area contributed by atoms with Crippen molar-refractivity contribution in [1.29, 1.82) is 5.26 Å². The van der Waals surface area contributed by atoms with Crippen LogP contribution in [0.4, 0.5) is 0 Å². The lowest BCUT2D eigenvalue weighted by molar-refractivity contribution is 0.674. The van der Waals surface area contributed by atoms with Crippen LogP contribution in [0.3, 0.4) is 0 Å². The molecule has 0 radical (unpaired) electrons. The smallest absolute Gasteiger partial charge is 0.0991 e. The van der Waals surface area contributed by atoms with E-state index >= 15 is 0 Å². The van der Waals surface area contributed by atoms with Gasteiger partial charge in [0.25, 0.3) is 0 Å². The molecule has 96 valence electrons. The van der Waals surface area contributed by atoms with Gasteiger partial charge in [0, 0.05) is 24.8 Å². The highest BCUT2D eigenvalue weighted by Crippen LogP contribution is 2.25. The molecule has 1 aromatic carbocycles. The Hall–Kier alpha value is -2.93. The first kappa shape index (κ1) is 12.1. The number of rotatable bonds is 3. The Morgan fingerprint density at radius 2 is 1.85 bits per heavy atom. The van der Waals surface area contributed by atoms with Gasteiger partial charge >= 0.3 is 0 Å². The molecule has 2 aromatic heterocycles. The molecule has 2 heterocycles. The molecule has 0 amide bonds. The average Bonchev–Trinajstić information content (AvgIpc) is 3.03. The van der Waals surface area contributed by atoms with Crippen LogP contribution in [0, 0.1) is 11.3 Å². The van der Waals surface area contributed by atoms with Crippen LogP contribution in [-0.4, -0.2) is 14.5 Å². The van der Waals surface area contributed by atoms with E-state index in [-0.39, 0.29) is 6.04 Å². The molecule has 0 fully saturated rings. The van der Waals surface area contributed by atoms with Gasteiger partial charge in [-0.2, -0.15) is 5.26 Å². The Morgan fingerprint density at radius 1 is 1.00 bits per heavy atom. The van der Waals surface area contributed by atoms with E-state index in [9.17, 15) is 0 Å². The van der Waals surface area contributed by atoms with Crippen LogP contribution in [0.5, 0.6) is 0 Å². The molecule has 1 unspecified atom stereocenters. The van der Waals surface area contributed by atoms with Gasteiger partial charge in [-0.25, -0.2) is 4.98 Å². The molecule has 0 saturated heterocycles. The van der Waals surface area contributed by atoms with Crippen molar-refractivity contribution in [2.24, 2.45) is 0 Å². The predicted octanol–water partition coefficient (Wildman–Crippen LogP) is 2.79. The number of nitriles is 1.